The maximum absolute atomic E-state index is 5.90. The van der Waals surface area contributed by atoms with Gasteiger partial charge in [0.05, 0.1) is 18.1 Å². The smallest absolute Gasteiger partial charge is 0.163 e. The Labute approximate surface area is 100 Å². The van der Waals surface area contributed by atoms with Gasteiger partial charge in [-0.15, -0.1) is 0 Å². The van der Waals surface area contributed by atoms with Gasteiger partial charge in [-0.25, -0.2) is 9.97 Å². The van der Waals surface area contributed by atoms with Crippen molar-refractivity contribution in [3.05, 3.63) is 12.0 Å². The molecule has 6 heteroatoms. The lowest BCUT2D eigenvalue weighted by molar-refractivity contribution is 0.319. The average Bonchev–Trinajstić information content (AvgIpc) is 2.61. The van der Waals surface area contributed by atoms with Crippen LogP contribution in [0, 0.1) is 0 Å². The van der Waals surface area contributed by atoms with Gasteiger partial charge < -0.3 is 5.73 Å². The number of fused-ring (bicyclic) bond motifs is 1. The molecule has 0 aliphatic heterocycles. The van der Waals surface area contributed by atoms with Crippen LogP contribution < -0.4 is 5.73 Å². The predicted molar refractivity (Wildman–Crippen MR) is 67.3 cm³/mol. The average molecular weight is 234 g/mol. The van der Waals surface area contributed by atoms with E-state index in [0.717, 1.165) is 29.8 Å². The van der Waals surface area contributed by atoms with Crippen molar-refractivity contribution in [2.24, 2.45) is 7.05 Å². The Morgan fingerprint density at radius 3 is 2.88 bits per heavy atom. The van der Waals surface area contributed by atoms with Gasteiger partial charge in [0.15, 0.2) is 5.65 Å². The summed E-state index contributed by atoms with van der Waals surface area (Å²) in [7, 11) is 3.91. The topological polar surface area (TPSA) is 72.9 Å². The second-order valence-corrected chi connectivity index (χ2v) is 4.27. The van der Waals surface area contributed by atoms with E-state index in [4.69, 9.17) is 5.73 Å². The zero-order chi connectivity index (χ0) is 12.4. The molecule has 2 rings (SSSR count). The van der Waals surface area contributed by atoms with Crippen molar-refractivity contribution < 1.29 is 0 Å². The molecule has 0 saturated heterocycles. The Kier molecular flexibility index (Phi) is 3.23. The number of aryl methyl sites for hydroxylation is 1. The third kappa shape index (κ3) is 2.36. The summed E-state index contributed by atoms with van der Waals surface area (Å²) < 4.78 is 1.72. The van der Waals surface area contributed by atoms with Gasteiger partial charge >= 0.3 is 0 Å². The molecule has 0 bridgehead atoms. The largest absolute Gasteiger partial charge is 0.383 e. The second kappa shape index (κ2) is 4.67. The molecule has 2 N–H and O–H groups in total. The molecule has 0 atom stereocenters. The maximum atomic E-state index is 5.90. The molecule has 0 spiro atoms. The van der Waals surface area contributed by atoms with Crippen LogP contribution in [0.25, 0.3) is 11.0 Å². The molecular weight excluding hydrogens is 216 g/mol. The van der Waals surface area contributed by atoms with Crippen molar-refractivity contribution in [2.75, 3.05) is 19.3 Å². The molecular formula is C11H18N6. The van der Waals surface area contributed by atoms with Crippen molar-refractivity contribution in [1.82, 2.24) is 24.6 Å². The number of anilines is 1. The van der Waals surface area contributed by atoms with Gasteiger partial charge in [0.25, 0.3) is 0 Å². The molecule has 2 aromatic heterocycles. The quantitative estimate of drug-likeness (QED) is 0.846. The summed E-state index contributed by atoms with van der Waals surface area (Å²) in [6, 6.07) is 0. The Balaban J connectivity index is 2.32. The Bertz CT molecular complexity index is 518. The van der Waals surface area contributed by atoms with Crippen molar-refractivity contribution >= 4 is 16.9 Å². The highest BCUT2D eigenvalue weighted by Gasteiger charge is 2.10. The highest BCUT2D eigenvalue weighted by molar-refractivity contribution is 5.84. The summed E-state index contributed by atoms with van der Waals surface area (Å²) in [4.78, 5) is 11.0. The Hall–Kier alpha value is -1.69. The molecule has 2 heterocycles. The molecule has 0 aliphatic rings. The fourth-order valence-corrected chi connectivity index (χ4v) is 1.86. The molecule has 6 nitrogen and oxygen atoms in total. The van der Waals surface area contributed by atoms with Crippen LogP contribution in [0.2, 0.25) is 0 Å². The van der Waals surface area contributed by atoms with Crippen LogP contribution in [-0.4, -0.2) is 38.2 Å². The van der Waals surface area contributed by atoms with Crippen LogP contribution in [0.15, 0.2) is 6.20 Å². The van der Waals surface area contributed by atoms with Gasteiger partial charge in [0.2, 0.25) is 0 Å². The number of nitrogens with two attached hydrogens (primary N) is 1. The van der Waals surface area contributed by atoms with Gasteiger partial charge in [0.1, 0.15) is 11.6 Å². The van der Waals surface area contributed by atoms with Crippen LogP contribution in [0.4, 0.5) is 5.82 Å². The number of hydrogen-bond acceptors (Lipinski definition) is 5. The third-order valence-corrected chi connectivity index (χ3v) is 2.68. The molecule has 0 aliphatic carbocycles. The van der Waals surface area contributed by atoms with E-state index in [-0.39, 0.29) is 0 Å². The standard InChI is InChI=1S/C11H18N6/c1-4-5-16(2)7-9-14-10(12)8-6-13-17(3)11(8)15-9/h6H,4-5,7H2,1-3H3,(H2,12,14,15). The van der Waals surface area contributed by atoms with E-state index < -0.39 is 0 Å². The minimum absolute atomic E-state index is 0.503. The van der Waals surface area contributed by atoms with Crippen LogP contribution >= 0.6 is 0 Å². The summed E-state index contributed by atoms with van der Waals surface area (Å²) in [6.45, 7) is 3.88. The highest BCUT2D eigenvalue weighted by Crippen LogP contribution is 2.16. The van der Waals surface area contributed by atoms with Crippen LogP contribution in [0.1, 0.15) is 19.2 Å². The van der Waals surface area contributed by atoms with Crippen molar-refractivity contribution in [1.29, 1.82) is 0 Å². The van der Waals surface area contributed by atoms with Crippen molar-refractivity contribution in [2.45, 2.75) is 19.9 Å². The first-order valence-corrected chi connectivity index (χ1v) is 5.74. The molecule has 0 aromatic carbocycles. The number of hydrogen-bond donors (Lipinski definition) is 1. The lowest BCUT2D eigenvalue weighted by Crippen LogP contribution is -2.20. The number of aromatic nitrogens is 4. The lowest BCUT2D eigenvalue weighted by atomic mass is 10.3. The van der Waals surface area contributed by atoms with Crippen molar-refractivity contribution in [3.63, 3.8) is 0 Å². The summed E-state index contributed by atoms with van der Waals surface area (Å²) in [5.74, 6) is 1.25. The predicted octanol–water partition coefficient (Wildman–Crippen LogP) is 0.787. The summed E-state index contributed by atoms with van der Waals surface area (Å²) >= 11 is 0. The number of nitrogens with zero attached hydrogens (tertiary/aromatic N) is 5. The molecule has 0 unspecified atom stereocenters. The minimum Gasteiger partial charge on any atom is -0.383 e. The van der Waals surface area contributed by atoms with Crippen LogP contribution in [0.3, 0.4) is 0 Å². The first-order chi connectivity index (χ1) is 8.11. The zero-order valence-corrected chi connectivity index (χ0v) is 10.5. The van der Waals surface area contributed by atoms with E-state index in [0.29, 0.717) is 12.4 Å². The van der Waals surface area contributed by atoms with Gasteiger partial charge in [-0.05, 0) is 20.0 Å². The lowest BCUT2D eigenvalue weighted by Gasteiger charge is -2.14. The SMILES string of the molecule is CCCN(C)Cc1nc(N)c2cnn(C)c2n1. The fourth-order valence-electron chi connectivity index (χ4n) is 1.86. The van der Waals surface area contributed by atoms with Gasteiger partial charge in [-0.1, -0.05) is 6.92 Å². The highest BCUT2D eigenvalue weighted by atomic mass is 15.3. The molecule has 2 aromatic rings. The molecule has 17 heavy (non-hydrogen) atoms. The third-order valence-electron chi connectivity index (χ3n) is 2.68. The zero-order valence-electron chi connectivity index (χ0n) is 10.5. The van der Waals surface area contributed by atoms with E-state index in [1.807, 2.05) is 7.05 Å². The first-order valence-electron chi connectivity index (χ1n) is 5.74. The maximum Gasteiger partial charge on any atom is 0.163 e. The van der Waals surface area contributed by atoms with Gasteiger partial charge in [0, 0.05) is 7.05 Å². The monoisotopic (exact) mass is 234 g/mol. The fraction of sp³-hybridized carbons (Fsp3) is 0.545. The number of rotatable bonds is 4. The Morgan fingerprint density at radius 2 is 2.18 bits per heavy atom. The van der Waals surface area contributed by atoms with Crippen LogP contribution in [-0.2, 0) is 13.6 Å². The van der Waals surface area contributed by atoms with Gasteiger partial charge in [-0.2, -0.15) is 5.10 Å². The molecule has 0 saturated carbocycles. The molecule has 0 radical (unpaired) electrons. The molecule has 0 amide bonds. The minimum atomic E-state index is 0.503. The molecule has 0 fully saturated rings. The van der Waals surface area contributed by atoms with E-state index >= 15 is 0 Å². The van der Waals surface area contributed by atoms with E-state index in [9.17, 15) is 0 Å². The van der Waals surface area contributed by atoms with E-state index in [1.165, 1.54) is 0 Å². The summed E-state index contributed by atoms with van der Waals surface area (Å²) in [6.07, 6.45) is 2.81. The first kappa shape index (κ1) is 11.8. The van der Waals surface area contributed by atoms with E-state index in [1.54, 1.807) is 10.9 Å². The molecule has 92 valence electrons. The normalized spacial score (nSPS) is 11.5. The van der Waals surface area contributed by atoms with Gasteiger partial charge in [-0.3, -0.25) is 9.58 Å². The van der Waals surface area contributed by atoms with Crippen molar-refractivity contribution in [3.8, 4) is 0 Å². The van der Waals surface area contributed by atoms with E-state index in [2.05, 4.69) is 33.9 Å². The summed E-state index contributed by atoms with van der Waals surface area (Å²) in [5, 5.41) is 4.95. The Morgan fingerprint density at radius 1 is 1.41 bits per heavy atom. The second-order valence-electron chi connectivity index (χ2n) is 4.27. The summed E-state index contributed by atoms with van der Waals surface area (Å²) in [5.41, 5.74) is 6.69. The van der Waals surface area contributed by atoms with Crippen LogP contribution in [0.5, 0.6) is 0 Å². The number of nitrogen functional groups attached to an aromatic ring is 1.